The number of hydrogen-bond acceptors (Lipinski definition) is 4. The molecule has 3 saturated heterocycles. The Morgan fingerprint density at radius 1 is 1.22 bits per heavy atom. The quantitative estimate of drug-likeness (QED) is 0.811. The number of hydrogen-bond donors (Lipinski definition) is 0. The third kappa shape index (κ3) is 3.12. The number of sulfonamides is 1. The number of carbonyl (C=O) groups excluding carboxylic acids is 1. The maximum absolute atomic E-state index is 13.0. The van der Waals surface area contributed by atoms with E-state index in [4.69, 9.17) is 0 Å². The number of aryl methyl sites for hydroxylation is 1. The molecule has 6 nitrogen and oxygen atoms in total. The van der Waals surface area contributed by atoms with Crippen LogP contribution >= 0.6 is 11.3 Å². The Morgan fingerprint density at radius 3 is 2.57 bits per heavy atom. The van der Waals surface area contributed by atoms with Crippen molar-refractivity contribution in [2.24, 2.45) is 5.92 Å². The van der Waals surface area contributed by atoms with Crippen LogP contribution in [0.2, 0.25) is 0 Å². The second-order valence-corrected chi connectivity index (χ2v) is 10.0. The lowest BCUT2D eigenvalue weighted by Gasteiger charge is -2.34. The van der Waals surface area contributed by atoms with E-state index in [1.807, 2.05) is 13.0 Å². The van der Waals surface area contributed by atoms with Crippen LogP contribution in [0.3, 0.4) is 0 Å². The number of urea groups is 1. The van der Waals surface area contributed by atoms with Gasteiger partial charge in [0.15, 0.2) is 0 Å². The molecular weight excluding hydrogens is 334 g/mol. The topological polar surface area (TPSA) is 60.9 Å². The van der Waals surface area contributed by atoms with Crippen molar-refractivity contribution in [3.63, 3.8) is 0 Å². The highest BCUT2D eigenvalue weighted by Gasteiger charge is 2.42. The van der Waals surface area contributed by atoms with Crippen LogP contribution in [0.1, 0.15) is 17.7 Å². The maximum Gasteiger partial charge on any atom is 0.319 e. The molecule has 8 heteroatoms. The fraction of sp³-hybridized carbons (Fsp3) is 0.667. The van der Waals surface area contributed by atoms with Crippen molar-refractivity contribution in [2.45, 2.75) is 30.0 Å². The van der Waals surface area contributed by atoms with E-state index in [1.165, 1.54) is 11.3 Å². The summed E-state index contributed by atoms with van der Waals surface area (Å²) in [5, 5.41) is 0. The van der Waals surface area contributed by atoms with E-state index in [2.05, 4.69) is 0 Å². The second kappa shape index (κ2) is 6.07. The number of nitrogens with zero attached hydrogens (tertiary/aromatic N) is 3. The van der Waals surface area contributed by atoms with Gasteiger partial charge in [0, 0.05) is 44.6 Å². The van der Waals surface area contributed by atoms with Gasteiger partial charge in [0.05, 0.1) is 0 Å². The summed E-state index contributed by atoms with van der Waals surface area (Å²) in [6.45, 7) is 3.55. The van der Waals surface area contributed by atoms with Gasteiger partial charge in [-0.25, -0.2) is 13.2 Å². The normalized spacial score (nSPS) is 25.4. The highest BCUT2D eigenvalue weighted by Crippen LogP contribution is 2.34. The lowest BCUT2D eigenvalue weighted by atomic mass is 9.97. The first kappa shape index (κ1) is 16.7. The van der Waals surface area contributed by atoms with E-state index in [9.17, 15) is 13.2 Å². The minimum absolute atomic E-state index is 0.0342. The van der Waals surface area contributed by atoms with Gasteiger partial charge in [-0.05, 0) is 37.8 Å². The van der Waals surface area contributed by atoms with Crippen molar-refractivity contribution in [2.75, 3.05) is 33.7 Å². The number of fused-ring (bicyclic) bond motifs is 4. The van der Waals surface area contributed by atoms with Gasteiger partial charge < -0.3 is 9.80 Å². The smallest absolute Gasteiger partial charge is 0.319 e. The molecule has 0 spiro atoms. The molecule has 3 aliphatic heterocycles. The van der Waals surface area contributed by atoms with Gasteiger partial charge in [0.1, 0.15) is 4.21 Å². The Bertz CT molecular complexity index is 699. The number of thiophene rings is 1. The second-order valence-electron chi connectivity index (χ2n) is 6.62. The number of piperidine rings is 1. The van der Waals surface area contributed by atoms with E-state index >= 15 is 0 Å². The van der Waals surface area contributed by atoms with Crippen LogP contribution in [0.25, 0.3) is 0 Å². The molecule has 0 saturated carbocycles. The van der Waals surface area contributed by atoms with Gasteiger partial charge in [-0.2, -0.15) is 4.31 Å². The molecule has 3 fully saturated rings. The predicted octanol–water partition coefficient (Wildman–Crippen LogP) is 1.82. The fourth-order valence-electron chi connectivity index (χ4n) is 3.44. The lowest BCUT2D eigenvalue weighted by molar-refractivity contribution is 0.167. The molecule has 0 unspecified atom stereocenters. The molecule has 0 aromatic carbocycles. The monoisotopic (exact) mass is 357 g/mol. The van der Waals surface area contributed by atoms with Crippen LogP contribution in [0.15, 0.2) is 16.3 Å². The maximum atomic E-state index is 13.0. The van der Waals surface area contributed by atoms with Crippen molar-refractivity contribution in [1.29, 1.82) is 0 Å². The molecule has 1 aromatic heterocycles. The molecule has 0 N–H and O–H groups in total. The highest BCUT2D eigenvalue weighted by atomic mass is 32.2. The van der Waals surface area contributed by atoms with Crippen molar-refractivity contribution in [3.8, 4) is 0 Å². The molecule has 3 aliphatic rings. The number of amides is 2. The minimum atomic E-state index is -3.46. The van der Waals surface area contributed by atoms with Gasteiger partial charge in [-0.3, -0.25) is 0 Å². The van der Waals surface area contributed by atoms with Crippen LogP contribution in [0.5, 0.6) is 0 Å². The molecule has 0 aliphatic carbocycles. The van der Waals surface area contributed by atoms with Gasteiger partial charge in [0.2, 0.25) is 0 Å². The summed E-state index contributed by atoms with van der Waals surface area (Å²) in [6, 6.07) is 3.38. The zero-order chi connectivity index (χ0) is 16.8. The average Bonchev–Trinajstić information content (AvgIpc) is 2.75. The predicted molar refractivity (Wildman–Crippen MR) is 90.1 cm³/mol. The lowest BCUT2D eigenvalue weighted by Crippen LogP contribution is -2.48. The first-order valence-electron chi connectivity index (χ1n) is 7.83. The number of carbonyl (C=O) groups is 1. The Hall–Kier alpha value is -1.12. The largest absolute Gasteiger partial charge is 0.331 e. The van der Waals surface area contributed by atoms with Crippen molar-refractivity contribution in [3.05, 3.63) is 17.0 Å². The van der Waals surface area contributed by atoms with Crippen molar-refractivity contribution >= 4 is 27.4 Å². The van der Waals surface area contributed by atoms with E-state index in [-0.39, 0.29) is 18.0 Å². The standard InChI is InChI=1S/C15H23N3O3S2/c1-11-4-7-14(22-11)23(20,21)18-9-12-5-6-13(18)10-17(8-12)15(19)16(2)3/h4,7,12-13H,5-6,8-10H2,1-3H3/t12-,13+/m1/s1. The summed E-state index contributed by atoms with van der Waals surface area (Å²) in [4.78, 5) is 16.6. The van der Waals surface area contributed by atoms with Gasteiger partial charge in [-0.1, -0.05) is 0 Å². The Morgan fingerprint density at radius 2 is 1.96 bits per heavy atom. The molecule has 4 rings (SSSR count). The summed E-state index contributed by atoms with van der Waals surface area (Å²) in [5.74, 6) is 0.216. The summed E-state index contributed by atoms with van der Waals surface area (Å²) in [7, 11) is 0.00390. The summed E-state index contributed by atoms with van der Waals surface area (Å²) >= 11 is 1.32. The Labute approximate surface area is 141 Å². The SMILES string of the molecule is Cc1ccc(S(=O)(=O)N2C[C@@H]3CC[C@H]2CN(C(=O)N(C)C)C3)s1. The number of rotatable bonds is 2. The van der Waals surface area contributed by atoms with E-state index in [0.29, 0.717) is 23.8 Å². The van der Waals surface area contributed by atoms with E-state index in [1.54, 1.807) is 34.3 Å². The van der Waals surface area contributed by atoms with Gasteiger partial charge >= 0.3 is 6.03 Å². The van der Waals surface area contributed by atoms with E-state index in [0.717, 1.165) is 17.7 Å². The zero-order valence-corrected chi connectivity index (χ0v) is 15.4. The van der Waals surface area contributed by atoms with Crippen LogP contribution < -0.4 is 0 Å². The molecule has 4 heterocycles. The van der Waals surface area contributed by atoms with E-state index < -0.39 is 10.0 Å². The molecule has 0 radical (unpaired) electrons. The first-order valence-corrected chi connectivity index (χ1v) is 10.1. The van der Waals surface area contributed by atoms with Crippen LogP contribution in [-0.4, -0.2) is 68.3 Å². The average molecular weight is 358 g/mol. The van der Waals surface area contributed by atoms with Gasteiger partial charge in [-0.15, -0.1) is 11.3 Å². The molecule has 2 atom stereocenters. The molecular formula is C15H23N3O3S2. The Kier molecular flexibility index (Phi) is 4.41. The molecule has 2 bridgehead atoms. The molecule has 23 heavy (non-hydrogen) atoms. The minimum Gasteiger partial charge on any atom is -0.331 e. The summed E-state index contributed by atoms with van der Waals surface area (Å²) in [5.41, 5.74) is 0. The fourth-order valence-corrected chi connectivity index (χ4v) is 6.57. The van der Waals surface area contributed by atoms with Crippen LogP contribution in [-0.2, 0) is 10.0 Å². The molecule has 2 amide bonds. The summed E-state index contributed by atoms with van der Waals surface area (Å²) in [6.07, 6.45) is 1.81. The third-order valence-electron chi connectivity index (χ3n) is 4.60. The van der Waals surface area contributed by atoms with Crippen LogP contribution in [0, 0.1) is 12.8 Å². The molecule has 1 aromatic rings. The van der Waals surface area contributed by atoms with Crippen molar-refractivity contribution < 1.29 is 13.2 Å². The van der Waals surface area contributed by atoms with Crippen LogP contribution in [0.4, 0.5) is 4.79 Å². The molecule has 128 valence electrons. The first-order chi connectivity index (χ1) is 10.8. The van der Waals surface area contributed by atoms with Gasteiger partial charge in [0.25, 0.3) is 10.0 Å². The Balaban J connectivity index is 1.87. The third-order valence-corrected chi connectivity index (χ3v) is 7.98. The highest BCUT2D eigenvalue weighted by molar-refractivity contribution is 7.91. The zero-order valence-electron chi connectivity index (χ0n) is 13.7. The summed E-state index contributed by atoms with van der Waals surface area (Å²) < 4.78 is 28.0. The van der Waals surface area contributed by atoms with Crippen molar-refractivity contribution in [1.82, 2.24) is 14.1 Å².